The molecule has 2 aromatic carbocycles. The number of nitro benzene ring substituents is 1. The van der Waals surface area contributed by atoms with Crippen LogP contribution < -0.4 is 15.1 Å². The van der Waals surface area contributed by atoms with Crippen molar-refractivity contribution >= 4 is 23.0 Å². The molecule has 2 aliphatic heterocycles. The second kappa shape index (κ2) is 12.0. The fourth-order valence-corrected chi connectivity index (χ4v) is 5.14. The number of nitrogens with zero attached hydrogens (tertiary/aromatic N) is 4. The fourth-order valence-electron chi connectivity index (χ4n) is 5.14. The van der Waals surface area contributed by atoms with Gasteiger partial charge in [-0.15, -0.1) is 0 Å². The lowest BCUT2D eigenvalue weighted by Crippen LogP contribution is -2.47. The van der Waals surface area contributed by atoms with E-state index in [1.165, 1.54) is 17.3 Å². The maximum atomic E-state index is 13.3. The molecule has 11 heteroatoms. The van der Waals surface area contributed by atoms with Crippen molar-refractivity contribution in [3.8, 4) is 0 Å². The third-order valence-electron chi connectivity index (χ3n) is 7.36. The van der Waals surface area contributed by atoms with E-state index in [1.54, 1.807) is 4.90 Å². The van der Waals surface area contributed by atoms with E-state index in [0.29, 0.717) is 38.0 Å². The van der Waals surface area contributed by atoms with E-state index < -0.39 is 22.4 Å². The van der Waals surface area contributed by atoms with Crippen LogP contribution in [0.2, 0.25) is 0 Å². The van der Waals surface area contributed by atoms with Crippen LogP contribution in [0.1, 0.15) is 36.8 Å². The zero-order chi connectivity index (χ0) is 27.3. The first kappa shape index (κ1) is 27.7. The highest BCUT2D eigenvalue weighted by molar-refractivity contribution is 5.76. The molecule has 0 bridgehead atoms. The third-order valence-corrected chi connectivity index (χ3v) is 7.36. The zero-order valence-corrected chi connectivity index (χ0v) is 21.5. The Morgan fingerprint density at radius 2 is 1.58 bits per heavy atom. The van der Waals surface area contributed by atoms with Crippen LogP contribution in [0.4, 0.5) is 30.2 Å². The van der Waals surface area contributed by atoms with E-state index in [0.717, 1.165) is 51.3 Å². The molecular weight excluding hydrogens is 499 g/mol. The lowest BCUT2D eigenvalue weighted by atomic mass is 10.0. The number of nitro groups is 1. The van der Waals surface area contributed by atoms with Gasteiger partial charge in [-0.3, -0.25) is 19.8 Å². The molecule has 38 heavy (non-hydrogen) atoms. The first-order chi connectivity index (χ1) is 18.1. The third kappa shape index (κ3) is 7.15. The molecule has 0 saturated carbocycles. The number of nitrogens with one attached hydrogen (secondary N) is 1. The minimum atomic E-state index is -4.81. The number of hydrogen-bond acceptors (Lipinski definition) is 6. The molecule has 0 aromatic heterocycles. The summed E-state index contributed by atoms with van der Waals surface area (Å²) < 4.78 is 39.9. The molecule has 2 heterocycles. The zero-order valence-electron chi connectivity index (χ0n) is 21.5. The van der Waals surface area contributed by atoms with Crippen LogP contribution in [0.3, 0.4) is 0 Å². The summed E-state index contributed by atoms with van der Waals surface area (Å²) in [5.74, 6) is -0.00330. The summed E-state index contributed by atoms with van der Waals surface area (Å²) in [6.45, 7) is 7.74. The normalized spacial score (nSPS) is 17.5. The van der Waals surface area contributed by atoms with Gasteiger partial charge in [0.25, 0.3) is 5.69 Å². The molecule has 4 rings (SSSR count). The number of piperazine rings is 1. The summed E-state index contributed by atoms with van der Waals surface area (Å²) in [5.41, 5.74) is 0.606. The number of halogens is 3. The number of alkyl halides is 3. The van der Waals surface area contributed by atoms with Gasteiger partial charge in [0, 0.05) is 69.2 Å². The Balaban J connectivity index is 1.16. The number of hydrogen-bond donors (Lipinski definition) is 1. The van der Waals surface area contributed by atoms with Crippen molar-refractivity contribution in [1.29, 1.82) is 0 Å². The maximum absolute atomic E-state index is 13.3. The molecule has 206 valence electrons. The van der Waals surface area contributed by atoms with E-state index >= 15 is 0 Å². The highest BCUT2D eigenvalue weighted by Gasteiger charge is 2.39. The van der Waals surface area contributed by atoms with Gasteiger partial charge in [0.2, 0.25) is 5.91 Å². The summed E-state index contributed by atoms with van der Waals surface area (Å²) in [6.07, 6.45) is -2.39. The van der Waals surface area contributed by atoms with Gasteiger partial charge in [0.05, 0.1) is 4.92 Å². The van der Waals surface area contributed by atoms with Crippen molar-refractivity contribution in [2.45, 2.75) is 44.8 Å². The highest BCUT2D eigenvalue weighted by Crippen LogP contribution is 2.38. The van der Waals surface area contributed by atoms with Gasteiger partial charge in [-0.05, 0) is 57.0 Å². The number of amides is 1. The minimum absolute atomic E-state index is 0.00330. The molecule has 0 spiro atoms. The fraction of sp³-hybridized carbons (Fsp3) is 0.519. The van der Waals surface area contributed by atoms with Gasteiger partial charge >= 0.3 is 6.18 Å². The van der Waals surface area contributed by atoms with Gasteiger partial charge in [0.1, 0.15) is 5.56 Å². The summed E-state index contributed by atoms with van der Waals surface area (Å²) in [4.78, 5) is 29.0. The van der Waals surface area contributed by atoms with Crippen molar-refractivity contribution in [2.24, 2.45) is 0 Å². The van der Waals surface area contributed by atoms with E-state index in [-0.39, 0.29) is 11.9 Å². The maximum Gasteiger partial charge on any atom is 0.423 e. The Labute approximate surface area is 220 Å². The monoisotopic (exact) mass is 533 g/mol. The van der Waals surface area contributed by atoms with Crippen LogP contribution in [-0.4, -0.2) is 67.6 Å². The molecule has 0 unspecified atom stereocenters. The van der Waals surface area contributed by atoms with Crippen LogP contribution in [0.25, 0.3) is 0 Å². The van der Waals surface area contributed by atoms with Gasteiger partial charge in [-0.1, -0.05) is 17.7 Å². The molecule has 2 fully saturated rings. The molecule has 0 aliphatic carbocycles. The van der Waals surface area contributed by atoms with Gasteiger partial charge in [0.15, 0.2) is 0 Å². The molecule has 0 radical (unpaired) electrons. The second-order valence-corrected chi connectivity index (χ2v) is 10.1. The van der Waals surface area contributed by atoms with Gasteiger partial charge in [-0.25, -0.2) is 0 Å². The number of benzene rings is 2. The molecule has 2 aliphatic rings. The standard InChI is InChI=1S/C27H34F3N5O3/c1-20-4-6-22(7-5-20)34-17-15-32(16-18-34)12-2-3-26(36)31-21-10-13-33(14-11-21)23-8-9-25(35(37)38)24(19-23)27(28,29)30/h4-9,19,21H,2-3,10-18H2,1H3,(H,31,36). The van der Waals surface area contributed by atoms with Crippen molar-refractivity contribution in [1.82, 2.24) is 10.2 Å². The van der Waals surface area contributed by atoms with Crippen molar-refractivity contribution in [3.05, 3.63) is 63.7 Å². The van der Waals surface area contributed by atoms with Crippen LogP contribution in [0.15, 0.2) is 42.5 Å². The topological polar surface area (TPSA) is 82.0 Å². The lowest BCUT2D eigenvalue weighted by Gasteiger charge is -2.36. The Bertz CT molecular complexity index is 1110. The average Bonchev–Trinajstić information content (AvgIpc) is 2.89. The van der Waals surface area contributed by atoms with Crippen LogP contribution in [0.5, 0.6) is 0 Å². The molecule has 2 saturated heterocycles. The summed E-state index contributed by atoms with van der Waals surface area (Å²) in [6, 6.07) is 11.7. The number of carbonyl (C=O) groups excluding carboxylic acids is 1. The smallest absolute Gasteiger partial charge is 0.371 e. The minimum Gasteiger partial charge on any atom is -0.371 e. The van der Waals surface area contributed by atoms with E-state index in [2.05, 4.69) is 46.3 Å². The van der Waals surface area contributed by atoms with Crippen LogP contribution in [-0.2, 0) is 11.0 Å². The number of piperidine rings is 1. The molecule has 8 nitrogen and oxygen atoms in total. The summed E-state index contributed by atoms with van der Waals surface area (Å²) in [5, 5.41) is 14.0. The second-order valence-electron chi connectivity index (χ2n) is 10.1. The Hall–Kier alpha value is -3.34. The van der Waals surface area contributed by atoms with Gasteiger partial charge < -0.3 is 15.1 Å². The first-order valence-corrected chi connectivity index (χ1v) is 13.0. The largest absolute Gasteiger partial charge is 0.423 e. The van der Waals surface area contributed by atoms with Crippen LogP contribution in [0, 0.1) is 17.0 Å². The molecule has 1 amide bonds. The van der Waals surface area contributed by atoms with E-state index in [9.17, 15) is 28.1 Å². The lowest BCUT2D eigenvalue weighted by molar-refractivity contribution is -0.388. The Kier molecular flexibility index (Phi) is 8.76. The summed E-state index contributed by atoms with van der Waals surface area (Å²) in [7, 11) is 0. The van der Waals surface area contributed by atoms with Crippen molar-refractivity contribution < 1.29 is 22.9 Å². The molecular formula is C27H34F3N5O3. The quantitative estimate of drug-likeness (QED) is 0.394. The van der Waals surface area contributed by atoms with E-state index in [1.807, 2.05) is 0 Å². The number of anilines is 2. The Morgan fingerprint density at radius 1 is 0.974 bits per heavy atom. The highest BCUT2D eigenvalue weighted by atomic mass is 19.4. The predicted octanol–water partition coefficient (Wildman–Crippen LogP) is 4.61. The predicted molar refractivity (Wildman–Crippen MR) is 141 cm³/mol. The summed E-state index contributed by atoms with van der Waals surface area (Å²) >= 11 is 0. The SMILES string of the molecule is Cc1ccc(N2CCN(CCCC(=O)NC3CCN(c4ccc([N+](=O)[O-])c(C(F)(F)F)c4)CC3)CC2)cc1. The molecule has 2 aromatic rings. The number of rotatable bonds is 8. The van der Waals surface area contributed by atoms with Crippen molar-refractivity contribution in [3.63, 3.8) is 0 Å². The van der Waals surface area contributed by atoms with Crippen molar-refractivity contribution in [2.75, 3.05) is 55.6 Å². The first-order valence-electron chi connectivity index (χ1n) is 13.0. The number of carbonyl (C=O) groups is 1. The van der Waals surface area contributed by atoms with Gasteiger partial charge in [-0.2, -0.15) is 13.2 Å². The average molecular weight is 534 g/mol. The molecule has 1 N–H and O–H groups in total. The number of aryl methyl sites for hydroxylation is 1. The Morgan fingerprint density at radius 3 is 2.18 bits per heavy atom. The van der Waals surface area contributed by atoms with Crippen LogP contribution >= 0.6 is 0 Å². The molecule has 0 atom stereocenters. The van der Waals surface area contributed by atoms with E-state index in [4.69, 9.17) is 0 Å².